The normalized spacial score (nSPS) is 11.0. The third kappa shape index (κ3) is 4.98. The van der Waals surface area contributed by atoms with Gasteiger partial charge in [0.2, 0.25) is 5.69 Å². The Balaban J connectivity index is 2.17. The fraction of sp³-hybridized carbons (Fsp3) is 0.227. The Bertz CT molecular complexity index is 1350. The molecule has 0 bridgehead atoms. The second-order valence-electron chi connectivity index (χ2n) is 6.67. The van der Waals surface area contributed by atoms with Gasteiger partial charge in [-0.25, -0.2) is 4.79 Å². The molecule has 0 spiro atoms. The molecule has 10 nitrogen and oxygen atoms in total. The Morgan fingerprint density at radius 3 is 2.39 bits per heavy atom. The van der Waals surface area contributed by atoms with Crippen LogP contribution in [0.25, 0.3) is 5.69 Å². The van der Waals surface area contributed by atoms with Crippen LogP contribution in [0, 0.1) is 6.92 Å². The van der Waals surface area contributed by atoms with E-state index in [0.717, 1.165) is 10.7 Å². The number of nitrogens with zero attached hydrogens (tertiary/aromatic N) is 2. The summed E-state index contributed by atoms with van der Waals surface area (Å²) in [5, 5.41) is 4.06. The molecule has 0 aliphatic heterocycles. The van der Waals surface area contributed by atoms with Crippen LogP contribution >= 0.6 is 0 Å². The monoisotopic (exact) mass is 474 g/mol. The Labute approximate surface area is 190 Å². The molecule has 0 N–H and O–H groups in total. The van der Waals surface area contributed by atoms with Crippen LogP contribution in [0.3, 0.4) is 0 Å². The first-order valence-electron chi connectivity index (χ1n) is 9.75. The number of rotatable bonds is 8. The predicted octanol–water partition coefficient (Wildman–Crippen LogP) is 2.50. The molecular formula is C22H22N2O8S. The van der Waals surface area contributed by atoms with E-state index >= 15 is 0 Å². The topological polar surface area (TPSA) is 123 Å². The summed E-state index contributed by atoms with van der Waals surface area (Å²) in [4.78, 5) is 25.0. The molecule has 0 fully saturated rings. The maximum absolute atomic E-state index is 13.1. The van der Waals surface area contributed by atoms with Crippen molar-refractivity contribution < 1.29 is 31.6 Å². The number of carbonyl (C=O) groups is 1. The Morgan fingerprint density at radius 1 is 1.03 bits per heavy atom. The lowest BCUT2D eigenvalue weighted by molar-refractivity contribution is 0.0515. The molecule has 2 aromatic carbocycles. The number of benzene rings is 2. The van der Waals surface area contributed by atoms with Crippen molar-refractivity contribution in [2.75, 3.05) is 20.8 Å². The van der Waals surface area contributed by atoms with Gasteiger partial charge < -0.3 is 18.4 Å². The Hall–Kier alpha value is -3.86. The van der Waals surface area contributed by atoms with Gasteiger partial charge in [-0.15, -0.1) is 0 Å². The van der Waals surface area contributed by atoms with Gasteiger partial charge in [0.15, 0.2) is 10.6 Å². The number of aryl methyl sites for hydroxylation is 1. The summed E-state index contributed by atoms with van der Waals surface area (Å²) >= 11 is 0. The van der Waals surface area contributed by atoms with E-state index in [1.165, 1.54) is 32.4 Å². The van der Waals surface area contributed by atoms with Gasteiger partial charge in [0, 0.05) is 6.07 Å². The van der Waals surface area contributed by atoms with Gasteiger partial charge >= 0.3 is 16.1 Å². The molecule has 1 heterocycles. The molecule has 0 radical (unpaired) electrons. The van der Waals surface area contributed by atoms with Crippen LogP contribution in [0.15, 0.2) is 58.2 Å². The molecule has 0 aliphatic rings. The fourth-order valence-corrected chi connectivity index (χ4v) is 4.07. The number of para-hydroxylation sites is 1. The number of methoxy groups -OCH3 is 2. The number of aromatic nitrogens is 2. The molecule has 0 atom stereocenters. The first-order valence-corrected chi connectivity index (χ1v) is 11.2. The molecule has 0 saturated heterocycles. The number of esters is 1. The first-order chi connectivity index (χ1) is 15.7. The summed E-state index contributed by atoms with van der Waals surface area (Å²) in [7, 11) is -1.91. The van der Waals surface area contributed by atoms with E-state index < -0.39 is 33.1 Å². The van der Waals surface area contributed by atoms with Crippen LogP contribution < -0.4 is 19.2 Å². The van der Waals surface area contributed by atoms with Crippen molar-refractivity contribution in [3.63, 3.8) is 0 Å². The maximum Gasteiger partial charge on any atom is 0.362 e. The summed E-state index contributed by atoms with van der Waals surface area (Å²) in [6, 6.07) is 11.8. The number of ether oxygens (including phenoxy) is 3. The first kappa shape index (κ1) is 23.8. The summed E-state index contributed by atoms with van der Waals surface area (Å²) < 4.78 is 47.5. The lowest BCUT2D eigenvalue weighted by atomic mass is 10.2. The van der Waals surface area contributed by atoms with Crippen LogP contribution in [-0.4, -0.2) is 45.0 Å². The van der Waals surface area contributed by atoms with Gasteiger partial charge in [0.1, 0.15) is 11.5 Å². The second kappa shape index (κ2) is 9.74. The van der Waals surface area contributed by atoms with Gasteiger partial charge in [0.25, 0.3) is 5.56 Å². The van der Waals surface area contributed by atoms with Crippen molar-refractivity contribution in [1.29, 1.82) is 0 Å². The van der Waals surface area contributed by atoms with E-state index in [2.05, 4.69) is 5.10 Å². The highest BCUT2D eigenvalue weighted by molar-refractivity contribution is 7.87. The Morgan fingerprint density at radius 2 is 1.76 bits per heavy atom. The van der Waals surface area contributed by atoms with Crippen LogP contribution in [0.2, 0.25) is 0 Å². The van der Waals surface area contributed by atoms with Crippen molar-refractivity contribution >= 4 is 16.1 Å². The average molecular weight is 474 g/mol. The van der Waals surface area contributed by atoms with Crippen LogP contribution in [0.1, 0.15) is 23.0 Å². The third-order valence-electron chi connectivity index (χ3n) is 4.55. The number of hydrogen-bond acceptors (Lipinski definition) is 9. The highest BCUT2D eigenvalue weighted by Gasteiger charge is 2.28. The lowest BCUT2D eigenvalue weighted by Crippen LogP contribution is -2.26. The zero-order valence-electron chi connectivity index (χ0n) is 18.4. The van der Waals surface area contributed by atoms with Crippen molar-refractivity contribution in [2.24, 2.45) is 0 Å². The summed E-state index contributed by atoms with van der Waals surface area (Å²) in [6.07, 6.45) is 0. The van der Waals surface area contributed by atoms with Gasteiger partial charge in [-0.3, -0.25) is 4.79 Å². The lowest BCUT2D eigenvalue weighted by Gasteiger charge is -2.15. The van der Waals surface area contributed by atoms with Crippen molar-refractivity contribution in [3.8, 4) is 22.9 Å². The van der Waals surface area contributed by atoms with E-state index in [9.17, 15) is 18.0 Å². The third-order valence-corrected chi connectivity index (χ3v) is 5.81. The second-order valence-corrected chi connectivity index (χ2v) is 8.18. The van der Waals surface area contributed by atoms with Gasteiger partial charge in [-0.1, -0.05) is 18.2 Å². The summed E-state index contributed by atoms with van der Waals surface area (Å²) in [5.41, 5.74) is -0.0634. The minimum Gasteiger partial charge on any atom is -0.497 e. The smallest absolute Gasteiger partial charge is 0.362 e. The molecule has 33 heavy (non-hydrogen) atoms. The minimum absolute atomic E-state index is 0.0000977. The van der Waals surface area contributed by atoms with E-state index in [4.69, 9.17) is 18.4 Å². The summed E-state index contributed by atoms with van der Waals surface area (Å²) in [5.74, 6) is -1.32. The maximum atomic E-state index is 13.1. The molecule has 3 aromatic rings. The van der Waals surface area contributed by atoms with E-state index in [0.29, 0.717) is 11.3 Å². The highest BCUT2D eigenvalue weighted by atomic mass is 32.2. The SMILES string of the molecule is CCOC(=O)c1nn(-c2ccccc2C)c(=O)cc1OS(=O)(=O)c1cc(OC)ccc1OC. The molecule has 0 unspecified atom stereocenters. The zero-order chi connectivity index (χ0) is 24.2. The van der Waals surface area contributed by atoms with Gasteiger partial charge in [-0.05, 0) is 37.6 Å². The molecule has 3 rings (SSSR count). The zero-order valence-corrected chi connectivity index (χ0v) is 19.2. The molecule has 174 valence electrons. The Kier molecular flexibility index (Phi) is 7.02. The molecule has 1 aromatic heterocycles. The molecular weight excluding hydrogens is 452 g/mol. The number of hydrogen-bond donors (Lipinski definition) is 0. The quantitative estimate of drug-likeness (QED) is 0.358. The largest absolute Gasteiger partial charge is 0.497 e. The molecule has 11 heteroatoms. The van der Waals surface area contributed by atoms with Crippen molar-refractivity contribution in [1.82, 2.24) is 9.78 Å². The van der Waals surface area contributed by atoms with Crippen LogP contribution in [0.5, 0.6) is 17.2 Å². The molecule has 0 saturated carbocycles. The standard InChI is InChI=1S/C22H22N2O8S/c1-5-31-22(26)21-18(13-20(25)24(23-21)16-9-7-6-8-14(16)2)32-33(27,28)19-12-15(29-3)10-11-17(19)30-4/h6-13H,5H2,1-4H3. The average Bonchev–Trinajstić information content (AvgIpc) is 2.79. The van der Waals surface area contributed by atoms with Crippen molar-refractivity contribution in [2.45, 2.75) is 18.7 Å². The van der Waals surface area contributed by atoms with E-state index in [1.54, 1.807) is 38.1 Å². The van der Waals surface area contributed by atoms with Crippen LogP contribution in [-0.2, 0) is 14.9 Å². The fourth-order valence-electron chi connectivity index (χ4n) is 2.96. The molecule has 0 aliphatic carbocycles. The number of carbonyl (C=O) groups excluding carboxylic acids is 1. The predicted molar refractivity (Wildman–Crippen MR) is 118 cm³/mol. The summed E-state index contributed by atoms with van der Waals surface area (Å²) in [6.45, 7) is 3.34. The van der Waals surface area contributed by atoms with Gasteiger partial charge in [0.05, 0.1) is 32.6 Å². The van der Waals surface area contributed by atoms with Crippen molar-refractivity contribution in [3.05, 3.63) is 70.1 Å². The molecule has 0 amide bonds. The van der Waals surface area contributed by atoms with E-state index in [1.807, 2.05) is 0 Å². The highest BCUT2D eigenvalue weighted by Crippen LogP contribution is 2.31. The van der Waals surface area contributed by atoms with Gasteiger partial charge in [-0.2, -0.15) is 18.2 Å². The van der Waals surface area contributed by atoms with Crippen LogP contribution in [0.4, 0.5) is 0 Å². The minimum atomic E-state index is -4.56. The van der Waals surface area contributed by atoms with E-state index in [-0.39, 0.29) is 23.0 Å².